The summed E-state index contributed by atoms with van der Waals surface area (Å²) >= 11 is 7.24. The Morgan fingerprint density at radius 3 is 2.93 bits per heavy atom. The molecule has 0 radical (unpaired) electrons. The van der Waals surface area contributed by atoms with Crippen molar-refractivity contribution in [1.29, 1.82) is 0 Å². The number of benzene rings is 1. The van der Waals surface area contributed by atoms with Crippen molar-refractivity contribution in [2.24, 2.45) is 0 Å². The molecule has 3 aromatic heterocycles. The first kappa shape index (κ1) is 18.6. The van der Waals surface area contributed by atoms with Crippen LogP contribution in [-0.4, -0.2) is 58.8 Å². The van der Waals surface area contributed by atoms with Crippen molar-refractivity contribution in [3.63, 3.8) is 0 Å². The molecule has 0 bridgehead atoms. The van der Waals surface area contributed by atoms with Gasteiger partial charge in [-0.05, 0) is 18.2 Å². The number of hydrogen-bond acceptors (Lipinski definition) is 10. The number of aromatic nitrogens is 5. The molecule has 1 aromatic carbocycles. The van der Waals surface area contributed by atoms with E-state index >= 15 is 0 Å². The Kier molecular flexibility index (Phi) is 4.56. The van der Waals surface area contributed by atoms with E-state index in [4.69, 9.17) is 26.5 Å². The maximum absolute atomic E-state index is 10.5. The Labute approximate surface area is 172 Å². The molecular formula is C17H15ClN6O4S. The maximum atomic E-state index is 10.5. The van der Waals surface area contributed by atoms with Crippen molar-refractivity contribution < 1.29 is 19.4 Å². The fourth-order valence-corrected chi connectivity index (χ4v) is 4.31. The van der Waals surface area contributed by atoms with Crippen LogP contribution in [0.4, 0.5) is 5.82 Å². The second kappa shape index (κ2) is 7.11. The molecule has 4 atom stereocenters. The molecule has 1 fully saturated rings. The minimum atomic E-state index is -1.17. The Balaban J connectivity index is 1.34. The third kappa shape index (κ3) is 3.20. The van der Waals surface area contributed by atoms with Crippen LogP contribution in [0.5, 0.6) is 0 Å². The quantitative estimate of drug-likeness (QED) is 0.405. The van der Waals surface area contributed by atoms with Crippen LogP contribution < -0.4 is 5.73 Å². The molecule has 1 aliphatic rings. The van der Waals surface area contributed by atoms with E-state index in [2.05, 4.69) is 19.9 Å². The van der Waals surface area contributed by atoms with Crippen molar-refractivity contribution in [3.8, 4) is 0 Å². The van der Waals surface area contributed by atoms with E-state index in [0.29, 0.717) is 38.3 Å². The third-order valence-corrected chi connectivity index (χ3v) is 5.85. The van der Waals surface area contributed by atoms with Crippen LogP contribution in [0.2, 0.25) is 5.02 Å². The number of nitrogens with two attached hydrogens (primary N) is 1. The monoisotopic (exact) mass is 434 g/mol. The molecule has 1 aliphatic heterocycles. The molecule has 0 saturated carbocycles. The van der Waals surface area contributed by atoms with Gasteiger partial charge in [0, 0.05) is 10.8 Å². The number of halogens is 1. The van der Waals surface area contributed by atoms with E-state index < -0.39 is 24.5 Å². The van der Waals surface area contributed by atoms with E-state index in [9.17, 15) is 10.2 Å². The molecule has 4 N–H and O–H groups in total. The normalized spacial score (nSPS) is 24.7. The lowest BCUT2D eigenvalue weighted by molar-refractivity contribution is -0.0289. The lowest BCUT2D eigenvalue weighted by atomic mass is 10.1. The largest absolute Gasteiger partial charge is 0.431 e. The van der Waals surface area contributed by atoms with Crippen LogP contribution in [0.25, 0.3) is 22.3 Å². The number of imidazole rings is 1. The first-order valence-corrected chi connectivity index (χ1v) is 10.0. The lowest BCUT2D eigenvalue weighted by Crippen LogP contribution is -2.32. The summed E-state index contributed by atoms with van der Waals surface area (Å²) < 4.78 is 13.1. The van der Waals surface area contributed by atoms with Crippen LogP contribution in [-0.2, 0) is 4.74 Å². The molecule has 5 rings (SSSR count). The second-order valence-electron chi connectivity index (χ2n) is 6.53. The Bertz CT molecular complexity index is 1200. The highest BCUT2D eigenvalue weighted by Gasteiger charge is 2.44. The van der Waals surface area contributed by atoms with Gasteiger partial charge in [0.1, 0.15) is 29.6 Å². The summed E-state index contributed by atoms with van der Waals surface area (Å²) in [5, 5.41) is 22.0. The first-order chi connectivity index (χ1) is 14.0. The average Bonchev–Trinajstić information content (AvgIpc) is 3.38. The number of nitrogen functional groups attached to an aromatic ring is 1. The summed E-state index contributed by atoms with van der Waals surface area (Å²) in [6.07, 6.45) is -1.04. The fraction of sp³-hybridized carbons (Fsp3) is 0.294. The molecule has 0 aliphatic carbocycles. The van der Waals surface area contributed by atoms with Crippen LogP contribution >= 0.6 is 23.4 Å². The number of nitrogens with zero attached hydrogens (tertiary/aromatic N) is 5. The number of anilines is 1. The Hall–Kier alpha value is -2.44. The predicted molar refractivity (Wildman–Crippen MR) is 105 cm³/mol. The van der Waals surface area contributed by atoms with E-state index in [-0.39, 0.29) is 5.82 Å². The summed E-state index contributed by atoms with van der Waals surface area (Å²) in [6.45, 7) is 0. The summed E-state index contributed by atoms with van der Waals surface area (Å²) in [5.41, 5.74) is 7.88. The van der Waals surface area contributed by atoms with Gasteiger partial charge in [-0.1, -0.05) is 23.4 Å². The zero-order chi connectivity index (χ0) is 20.1. The molecule has 4 heterocycles. The highest BCUT2D eigenvalue weighted by atomic mass is 35.5. The molecule has 29 heavy (non-hydrogen) atoms. The van der Waals surface area contributed by atoms with Crippen molar-refractivity contribution >= 4 is 51.4 Å². The van der Waals surface area contributed by atoms with Crippen molar-refractivity contribution in [1.82, 2.24) is 24.5 Å². The fourth-order valence-electron chi connectivity index (χ4n) is 3.25. The first-order valence-electron chi connectivity index (χ1n) is 8.65. The van der Waals surface area contributed by atoms with E-state index in [0.717, 1.165) is 0 Å². The summed E-state index contributed by atoms with van der Waals surface area (Å²) in [7, 11) is 0. The maximum Gasteiger partial charge on any atom is 0.256 e. The highest BCUT2D eigenvalue weighted by molar-refractivity contribution is 7.99. The standard InChI is InChI=1S/C17H15ClN6O4S/c18-7-1-2-9-8(3-7)23-17(28-9)29-4-10-12(25)13(26)16(27-10)24-6-22-11-14(19)20-5-21-15(11)24/h1-3,5-6,10,12-13,16,25-26H,4H2,(H2,19,20,21)/t10-,12-,13-,16-/m1/s1. The van der Waals surface area contributed by atoms with E-state index in [1.807, 2.05) is 0 Å². The zero-order valence-electron chi connectivity index (χ0n) is 14.7. The SMILES string of the molecule is Nc1ncnc2c1ncn2[C@@H]1O[C@H](CSc2nc3cc(Cl)ccc3o2)[C@@H](O)[C@H]1O. The van der Waals surface area contributed by atoms with Gasteiger partial charge in [-0.15, -0.1) is 0 Å². The van der Waals surface area contributed by atoms with Gasteiger partial charge in [-0.25, -0.2) is 19.9 Å². The van der Waals surface area contributed by atoms with Crippen molar-refractivity contribution in [2.75, 3.05) is 11.5 Å². The zero-order valence-corrected chi connectivity index (χ0v) is 16.3. The molecule has 0 amide bonds. The highest BCUT2D eigenvalue weighted by Crippen LogP contribution is 2.35. The second-order valence-corrected chi connectivity index (χ2v) is 7.94. The summed E-state index contributed by atoms with van der Waals surface area (Å²) in [6, 6.07) is 5.18. The molecule has 1 saturated heterocycles. The van der Waals surface area contributed by atoms with Gasteiger partial charge in [-0.2, -0.15) is 0 Å². The molecule has 0 unspecified atom stereocenters. The number of oxazole rings is 1. The van der Waals surface area contributed by atoms with Crippen LogP contribution in [0.15, 0.2) is 40.5 Å². The smallest absolute Gasteiger partial charge is 0.256 e. The Morgan fingerprint density at radius 1 is 1.21 bits per heavy atom. The number of aliphatic hydroxyl groups is 2. The van der Waals surface area contributed by atoms with Crippen molar-refractivity contribution in [2.45, 2.75) is 29.8 Å². The van der Waals surface area contributed by atoms with Gasteiger partial charge in [0.2, 0.25) is 0 Å². The van der Waals surface area contributed by atoms with Crippen LogP contribution in [0.3, 0.4) is 0 Å². The van der Waals surface area contributed by atoms with Gasteiger partial charge >= 0.3 is 0 Å². The molecule has 150 valence electrons. The molecule has 12 heteroatoms. The van der Waals surface area contributed by atoms with Crippen LogP contribution in [0, 0.1) is 0 Å². The third-order valence-electron chi connectivity index (χ3n) is 4.70. The number of ether oxygens (including phenoxy) is 1. The number of fused-ring (bicyclic) bond motifs is 2. The molecule has 10 nitrogen and oxygen atoms in total. The minimum Gasteiger partial charge on any atom is -0.431 e. The van der Waals surface area contributed by atoms with E-state index in [1.165, 1.54) is 29.0 Å². The van der Waals surface area contributed by atoms with E-state index in [1.54, 1.807) is 18.2 Å². The van der Waals surface area contributed by atoms with Gasteiger partial charge in [0.05, 0.1) is 12.4 Å². The lowest BCUT2D eigenvalue weighted by Gasteiger charge is -2.16. The number of rotatable bonds is 4. The molecule has 4 aromatic rings. The summed E-state index contributed by atoms with van der Waals surface area (Å²) in [5.74, 6) is 0.545. The minimum absolute atomic E-state index is 0.227. The van der Waals surface area contributed by atoms with Gasteiger partial charge in [0.15, 0.2) is 23.3 Å². The Morgan fingerprint density at radius 2 is 2.07 bits per heavy atom. The molecule has 0 spiro atoms. The number of hydrogen-bond donors (Lipinski definition) is 3. The van der Waals surface area contributed by atoms with Gasteiger partial charge in [0.25, 0.3) is 5.22 Å². The summed E-state index contributed by atoms with van der Waals surface area (Å²) in [4.78, 5) is 16.6. The van der Waals surface area contributed by atoms with Gasteiger partial charge in [-0.3, -0.25) is 4.57 Å². The van der Waals surface area contributed by atoms with Crippen LogP contribution in [0.1, 0.15) is 6.23 Å². The van der Waals surface area contributed by atoms with Gasteiger partial charge < -0.3 is 25.1 Å². The topological polar surface area (TPSA) is 145 Å². The molecular weight excluding hydrogens is 420 g/mol. The van der Waals surface area contributed by atoms with Crippen molar-refractivity contribution in [3.05, 3.63) is 35.9 Å². The number of aliphatic hydroxyl groups excluding tert-OH is 2. The average molecular weight is 435 g/mol. The predicted octanol–water partition coefficient (Wildman–Crippen LogP) is 1.61. The number of thioether (sulfide) groups is 1.